The molecule has 18 heavy (non-hydrogen) atoms. The number of halogens is 2. The first-order valence-corrected chi connectivity index (χ1v) is 4.74. The van der Waals surface area contributed by atoms with E-state index in [2.05, 4.69) is 10.1 Å². The van der Waals surface area contributed by atoms with Crippen LogP contribution in [0, 0.1) is 11.6 Å². The lowest BCUT2D eigenvalue weighted by molar-refractivity contribution is -0.143. The monoisotopic (exact) mass is 260 g/mol. The van der Waals surface area contributed by atoms with Crippen LogP contribution in [0.5, 0.6) is 0 Å². The molecule has 8 heteroatoms. The Morgan fingerprint density at radius 1 is 1.33 bits per heavy atom. The van der Waals surface area contributed by atoms with Gasteiger partial charge in [-0.05, 0) is 12.1 Å². The molecular weight excluding hydrogens is 250 g/mol. The smallest absolute Gasteiger partial charge is 0.329 e. The second-order valence-electron chi connectivity index (χ2n) is 3.26. The van der Waals surface area contributed by atoms with Crippen molar-refractivity contribution in [3.63, 3.8) is 0 Å². The van der Waals surface area contributed by atoms with E-state index in [1.165, 1.54) is 0 Å². The van der Waals surface area contributed by atoms with Crippen LogP contribution in [-0.2, 0) is 14.3 Å². The molecule has 6 nitrogen and oxygen atoms in total. The van der Waals surface area contributed by atoms with E-state index in [9.17, 15) is 18.4 Å². The van der Waals surface area contributed by atoms with Crippen molar-refractivity contribution in [2.45, 2.75) is 0 Å². The summed E-state index contributed by atoms with van der Waals surface area (Å²) in [5.74, 6) is -4.35. The highest BCUT2D eigenvalue weighted by molar-refractivity contribution is 5.94. The number of carbonyl (C=O) groups excluding carboxylic acids is 1. The lowest BCUT2D eigenvalue weighted by Crippen LogP contribution is -2.21. The summed E-state index contributed by atoms with van der Waals surface area (Å²) in [5, 5.41) is 10.4. The topological polar surface area (TPSA) is 102 Å². The molecule has 0 heterocycles. The van der Waals surface area contributed by atoms with Crippen molar-refractivity contribution in [1.29, 1.82) is 0 Å². The Bertz CT molecular complexity index is 479. The van der Waals surface area contributed by atoms with Crippen LogP contribution in [0.3, 0.4) is 0 Å². The number of nitrogen functional groups attached to an aromatic ring is 1. The number of benzene rings is 1. The first kappa shape index (κ1) is 13.8. The molecule has 0 aliphatic carbocycles. The van der Waals surface area contributed by atoms with Crippen molar-refractivity contribution in [1.82, 2.24) is 0 Å². The number of hydrogen-bond acceptors (Lipinski definition) is 4. The van der Waals surface area contributed by atoms with Gasteiger partial charge in [0.1, 0.15) is 13.2 Å². The summed E-state index contributed by atoms with van der Waals surface area (Å²) in [5.41, 5.74) is 4.59. The second kappa shape index (κ2) is 5.92. The zero-order valence-electron chi connectivity index (χ0n) is 9.07. The maximum Gasteiger partial charge on any atom is 0.329 e. The quantitative estimate of drug-likeness (QED) is 0.672. The molecule has 0 aliphatic rings. The van der Waals surface area contributed by atoms with Crippen molar-refractivity contribution in [3.05, 3.63) is 23.8 Å². The molecule has 0 fully saturated rings. The van der Waals surface area contributed by atoms with Gasteiger partial charge in [-0.3, -0.25) is 4.79 Å². The Labute approximate surface area is 100 Å². The molecule has 0 unspecified atom stereocenters. The summed E-state index contributed by atoms with van der Waals surface area (Å²) in [6, 6.07) is 1.89. The number of nitrogens with two attached hydrogens (primary N) is 1. The van der Waals surface area contributed by atoms with Crippen molar-refractivity contribution in [2.24, 2.45) is 0 Å². The number of aliphatic carboxylic acids is 1. The summed E-state index contributed by atoms with van der Waals surface area (Å²) in [4.78, 5) is 21.3. The summed E-state index contributed by atoms with van der Waals surface area (Å²) >= 11 is 0. The van der Waals surface area contributed by atoms with E-state index in [0.29, 0.717) is 0 Å². The molecule has 4 N–H and O–H groups in total. The van der Waals surface area contributed by atoms with Gasteiger partial charge < -0.3 is 20.9 Å². The molecule has 98 valence electrons. The zero-order valence-corrected chi connectivity index (χ0v) is 9.07. The van der Waals surface area contributed by atoms with E-state index in [4.69, 9.17) is 10.8 Å². The van der Waals surface area contributed by atoms with E-state index in [-0.39, 0.29) is 5.69 Å². The van der Waals surface area contributed by atoms with Crippen LogP contribution in [0.25, 0.3) is 0 Å². The maximum atomic E-state index is 13.0. The van der Waals surface area contributed by atoms with Crippen LogP contribution in [0.2, 0.25) is 0 Å². The van der Waals surface area contributed by atoms with Crippen LogP contribution in [0.1, 0.15) is 0 Å². The first-order valence-electron chi connectivity index (χ1n) is 4.74. The van der Waals surface area contributed by atoms with Crippen LogP contribution in [0.4, 0.5) is 20.2 Å². The number of ether oxygens (including phenoxy) is 1. The van der Waals surface area contributed by atoms with Gasteiger partial charge in [-0.15, -0.1) is 0 Å². The van der Waals surface area contributed by atoms with E-state index in [1.54, 1.807) is 0 Å². The number of carboxylic acid groups (broad SMARTS) is 1. The van der Waals surface area contributed by atoms with Gasteiger partial charge in [0.2, 0.25) is 5.91 Å². The number of anilines is 2. The molecule has 0 bridgehead atoms. The Balaban J connectivity index is 2.60. The number of carboxylic acids is 1. The number of carbonyl (C=O) groups is 2. The SMILES string of the molecule is Nc1c(NC(=O)COCC(=O)O)ccc(F)c1F. The van der Waals surface area contributed by atoms with Gasteiger partial charge in [0.15, 0.2) is 11.6 Å². The number of hydrogen-bond donors (Lipinski definition) is 3. The van der Waals surface area contributed by atoms with E-state index in [1.807, 2.05) is 0 Å². The third-order valence-electron chi connectivity index (χ3n) is 1.87. The Morgan fingerprint density at radius 2 is 2.00 bits per heavy atom. The summed E-state index contributed by atoms with van der Waals surface area (Å²) in [7, 11) is 0. The molecule has 0 radical (unpaired) electrons. The largest absolute Gasteiger partial charge is 0.480 e. The molecular formula is C10H10F2N2O4. The van der Waals surface area contributed by atoms with Crippen molar-refractivity contribution < 1.29 is 28.2 Å². The van der Waals surface area contributed by atoms with E-state index >= 15 is 0 Å². The minimum atomic E-state index is -1.26. The van der Waals surface area contributed by atoms with Gasteiger partial charge in [-0.2, -0.15) is 0 Å². The zero-order chi connectivity index (χ0) is 13.7. The lowest BCUT2D eigenvalue weighted by Gasteiger charge is -2.09. The minimum absolute atomic E-state index is 0.113. The molecule has 0 atom stereocenters. The number of rotatable bonds is 5. The summed E-state index contributed by atoms with van der Waals surface area (Å²) in [6.07, 6.45) is 0. The average Bonchev–Trinajstić information content (AvgIpc) is 2.29. The van der Waals surface area contributed by atoms with Gasteiger partial charge in [0, 0.05) is 0 Å². The van der Waals surface area contributed by atoms with Crippen LogP contribution in [0.15, 0.2) is 12.1 Å². The van der Waals surface area contributed by atoms with Crippen LogP contribution < -0.4 is 11.1 Å². The number of amides is 1. The third-order valence-corrected chi connectivity index (χ3v) is 1.87. The minimum Gasteiger partial charge on any atom is -0.480 e. The molecule has 1 aromatic carbocycles. The van der Waals surface area contributed by atoms with E-state index < -0.39 is 42.4 Å². The molecule has 0 saturated carbocycles. The van der Waals surface area contributed by atoms with Gasteiger partial charge >= 0.3 is 5.97 Å². The summed E-state index contributed by atoms with van der Waals surface area (Å²) in [6.45, 7) is -1.18. The number of nitrogens with one attached hydrogen (secondary N) is 1. The first-order chi connectivity index (χ1) is 8.41. The fourth-order valence-corrected chi connectivity index (χ4v) is 1.09. The Morgan fingerprint density at radius 3 is 2.61 bits per heavy atom. The molecule has 1 aromatic rings. The predicted molar refractivity (Wildman–Crippen MR) is 57.9 cm³/mol. The molecule has 1 rings (SSSR count). The maximum absolute atomic E-state index is 13.0. The van der Waals surface area contributed by atoms with Gasteiger partial charge in [0.25, 0.3) is 0 Å². The highest BCUT2D eigenvalue weighted by Gasteiger charge is 2.12. The van der Waals surface area contributed by atoms with Gasteiger partial charge in [-0.1, -0.05) is 0 Å². The van der Waals surface area contributed by atoms with E-state index in [0.717, 1.165) is 12.1 Å². The van der Waals surface area contributed by atoms with Gasteiger partial charge in [0.05, 0.1) is 11.4 Å². The highest BCUT2D eigenvalue weighted by atomic mass is 19.2. The normalized spacial score (nSPS) is 10.1. The Kier molecular flexibility index (Phi) is 4.55. The van der Waals surface area contributed by atoms with Crippen LogP contribution in [-0.4, -0.2) is 30.2 Å². The summed E-state index contributed by atoms with van der Waals surface area (Å²) < 4.78 is 30.3. The van der Waals surface area contributed by atoms with Crippen molar-refractivity contribution >= 4 is 23.3 Å². The highest BCUT2D eigenvalue weighted by Crippen LogP contribution is 2.23. The average molecular weight is 260 g/mol. The standard InChI is InChI=1S/C10H10F2N2O4/c11-5-1-2-6(10(13)9(5)12)14-7(15)3-18-4-8(16)17/h1-2H,3-4,13H2,(H,14,15)(H,16,17). The predicted octanol–water partition coefficient (Wildman–Crippen LogP) is 0.587. The second-order valence-corrected chi connectivity index (χ2v) is 3.26. The van der Waals surface area contributed by atoms with Crippen molar-refractivity contribution in [2.75, 3.05) is 24.3 Å². The molecule has 0 aliphatic heterocycles. The lowest BCUT2D eigenvalue weighted by atomic mass is 10.2. The molecule has 1 amide bonds. The fourth-order valence-electron chi connectivity index (χ4n) is 1.09. The molecule has 0 saturated heterocycles. The van der Waals surface area contributed by atoms with Crippen molar-refractivity contribution in [3.8, 4) is 0 Å². The molecule has 0 aromatic heterocycles. The third kappa shape index (κ3) is 3.67. The van der Waals surface area contributed by atoms with Crippen LogP contribution >= 0.6 is 0 Å². The Hall–Kier alpha value is -2.22. The fraction of sp³-hybridized carbons (Fsp3) is 0.200. The van der Waals surface area contributed by atoms with Gasteiger partial charge in [-0.25, -0.2) is 13.6 Å². The molecule has 0 spiro atoms.